The van der Waals surface area contributed by atoms with Gasteiger partial charge in [0.05, 0.1) is 12.0 Å². The lowest BCUT2D eigenvalue weighted by molar-refractivity contribution is 0.294. The minimum Gasteiger partial charge on any atom is -0.466 e. The van der Waals surface area contributed by atoms with Crippen LogP contribution in [0.4, 0.5) is 0 Å². The van der Waals surface area contributed by atoms with Gasteiger partial charge in [0.1, 0.15) is 11.5 Å². The Hall–Kier alpha value is -1.27. The van der Waals surface area contributed by atoms with Crippen molar-refractivity contribution in [1.29, 1.82) is 5.26 Å². The molecule has 1 aromatic rings. The van der Waals surface area contributed by atoms with E-state index in [1.165, 1.54) is 0 Å². The van der Waals surface area contributed by atoms with Crippen molar-refractivity contribution in [3.63, 3.8) is 0 Å². The summed E-state index contributed by atoms with van der Waals surface area (Å²) in [5.74, 6) is 2.12. The number of hydrogen-bond donors (Lipinski definition) is 0. The van der Waals surface area contributed by atoms with Crippen molar-refractivity contribution in [3.8, 4) is 6.07 Å². The zero-order valence-corrected chi connectivity index (χ0v) is 10.4. The highest BCUT2D eigenvalue weighted by Crippen LogP contribution is 2.08. The van der Waals surface area contributed by atoms with Crippen LogP contribution in [0.1, 0.15) is 24.9 Å². The van der Waals surface area contributed by atoms with Crippen LogP contribution in [0.25, 0.3) is 0 Å². The van der Waals surface area contributed by atoms with Gasteiger partial charge in [-0.05, 0) is 32.5 Å². The van der Waals surface area contributed by atoms with E-state index in [9.17, 15) is 0 Å². The maximum atomic E-state index is 8.87. The number of nitriles is 1. The van der Waals surface area contributed by atoms with Crippen molar-refractivity contribution in [2.45, 2.75) is 26.7 Å². The summed E-state index contributed by atoms with van der Waals surface area (Å²) in [6.45, 7) is 5.78. The molecule has 1 aromatic heterocycles. The molecule has 0 N–H and O–H groups in total. The van der Waals surface area contributed by atoms with Crippen LogP contribution in [0, 0.1) is 24.2 Å². The van der Waals surface area contributed by atoms with Crippen molar-refractivity contribution >= 4 is 0 Å². The average molecular weight is 220 g/mol. The van der Waals surface area contributed by atoms with Crippen LogP contribution in [-0.4, -0.2) is 25.0 Å². The summed E-state index contributed by atoms with van der Waals surface area (Å²) in [7, 11) is 2.05. The van der Waals surface area contributed by atoms with Crippen molar-refractivity contribution in [2.75, 3.05) is 20.1 Å². The number of rotatable bonds is 6. The summed E-state index contributed by atoms with van der Waals surface area (Å²) in [5.41, 5.74) is 0. The van der Waals surface area contributed by atoms with Gasteiger partial charge in [0.15, 0.2) is 0 Å². The molecule has 0 amide bonds. The largest absolute Gasteiger partial charge is 0.466 e. The lowest BCUT2D eigenvalue weighted by atomic mass is 10.1. The first kappa shape index (κ1) is 12.8. The second-order valence-corrected chi connectivity index (χ2v) is 4.26. The average Bonchev–Trinajstić information content (AvgIpc) is 2.69. The van der Waals surface area contributed by atoms with E-state index in [0.717, 1.165) is 37.5 Å². The van der Waals surface area contributed by atoms with Gasteiger partial charge in [-0.2, -0.15) is 5.26 Å². The van der Waals surface area contributed by atoms with E-state index in [1.807, 2.05) is 19.1 Å². The molecule has 3 nitrogen and oxygen atoms in total. The Morgan fingerprint density at radius 3 is 2.75 bits per heavy atom. The van der Waals surface area contributed by atoms with Gasteiger partial charge in [0.25, 0.3) is 0 Å². The molecule has 0 aliphatic heterocycles. The zero-order valence-electron chi connectivity index (χ0n) is 10.4. The molecule has 0 saturated carbocycles. The van der Waals surface area contributed by atoms with E-state index in [4.69, 9.17) is 9.68 Å². The third kappa shape index (κ3) is 4.08. The van der Waals surface area contributed by atoms with Gasteiger partial charge < -0.3 is 9.32 Å². The molecule has 0 fully saturated rings. The van der Waals surface area contributed by atoms with E-state index < -0.39 is 0 Å². The molecule has 1 rings (SSSR count). The van der Waals surface area contributed by atoms with Crippen LogP contribution in [-0.2, 0) is 6.42 Å². The van der Waals surface area contributed by atoms with Crippen molar-refractivity contribution in [2.24, 2.45) is 5.92 Å². The molecule has 3 heteroatoms. The number of aryl methyl sites for hydroxylation is 1. The molecule has 16 heavy (non-hydrogen) atoms. The molecule has 88 valence electrons. The van der Waals surface area contributed by atoms with E-state index in [2.05, 4.69) is 24.9 Å². The lowest BCUT2D eigenvalue weighted by Gasteiger charge is -2.18. The number of furan rings is 1. The Balaban J connectivity index is 2.30. The van der Waals surface area contributed by atoms with Gasteiger partial charge in [-0.25, -0.2) is 0 Å². The fourth-order valence-electron chi connectivity index (χ4n) is 1.65. The number of nitrogens with zero attached hydrogens (tertiary/aromatic N) is 2. The normalized spacial score (nSPS) is 12.7. The standard InChI is InChI=1S/C13H20N2O/c1-4-12(9-14)10-15(3)8-7-13-6-5-11(2)16-13/h5-6,12H,4,7-8,10H2,1-3H3. The molecule has 0 spiro atoms. The number of hydrogen-bond acceptors (Lipinski definition) is 3. The Bertz CT molecular complexity index is 351. The summed E-state index contributed by atoms with van der Waals surface area (Å²) in [4.78, 5) is 2.19. The van der Waals surface area contributed by atoms with Crippen LogP contribution in [0.5, 0.6) is 0 Å². The molecular formula is C13H20N2O. The fraction of sp³-hybridized carbons (Fsp3) is 0.615. The molecule has 1 atom stereocenters. The Morgan fingerprint density at radius 1 is 1.50 bits per heavy atom. The maximum Gasteiger partial charge on any atom is 0.105 e. The molecule has 0 radical (unpaired) electrons. The minimum atomic E-state index is 0.142. The molecule has 0 aromatic carbocycles. The molecule has 0 bridgehead atoms. The van der Waals surface area contributed by atoms with E-state index in [-0.39, 0.29) is 5.92 Å². The van der Waals surface area contributed by atoms with Crippen LogP contribution < -0.4 is 0 Å². The molecule has 0 saturated heterocycles. The van der Waals surface area contributed by atoms with Crippen LogP contribution in [0.2, 0.25) is 0 Å². The monoisotopic (exact) mass is 220 g/mol. The maximum absolute atomic E-state index is 8.87. The van der Waals surface area contributed by atoms with Gasteiger partial charge in [-0.3, -0.25) is 0 Å². The Morgan fingerprint density at radius 2 is 2.25 bits per heavy atom. The van der Waals surface area contributed by atoms with Crippen molar-refractivity contribution in [3.05, 3.63) is 23.7 Å². The van der Waals surface area contributed by atoms with Crippen molar-refractivity contribution < 1.29 is 4.42 Å². The Labute approximate surface area is 97.7 Å². The van der Waals surface area contributed by atoms with Gasteiger partial charge in [-0.15, -0.1) is 0 Å². The fourth-order valence-corrected chi connectivity index (χ4v) is 1.65. The lowest BCUT2D eigenvalue weighted by Crippen LogP contribution is -2.26. The predicted molar refractivity (Wildman–Crippen MR) is 64.0 cm³/mol. The van der Waals surface area contributed by atoms with E-state index >= 15 is 0 Å². The molecule has 1 unspecified atom stereocenters. The first-order valence-electron chi connectivity index (χ1n) is 5.79. The molecule has 1 heterocycles. The minimum absolute atomic E-state index is 0.142. The SMILES string of the molecule is CCC(C#N)CN(C)CCc1ccc(C)o1. The number of likely N-dealkylation sites (N-methyl/N-ethyl adjacent to an activating group) is 1. The smallest absolute Gasteiger partial charge is 0.105 e. The second kappa shape index (κ2) is 6.34. The van der Waals surface area contributed by atoms with Crippen LogP contribution in [0.3, 0.4) is 0 Å². The summed E-state index contributed by atoms with van der Waals surface area (Å²) in [6, 6.07) is 6.32. The van der Waals surface area contributed by atoms with Crippen LogP contribution in [0.15, 0.2) is 16.5 Å². The van der Waals surface area contributed by atoms with Gasteiger partial charge in [0, 0.05) is 19.5 Å². The predicted octanol–water partition coefficient (Wildman–Crippen LogP) is 2.61. The first-order chi connectivity index (χ1) is 7.65. The highest BCUT2D eigenvalue weighted by Gasteiger charge is 2.09. The van der Waals surface area contributed by atoms with Gasteiger partial charge >= 0.3 is 0 Å². The first-order valence-corrected chi connectivity index (χ1v) is 5.79. The topological polar surface area (TPSA) is 40.2 Å². The molecule has 0 aliphatic rings. The summed E-state index contributed by atoms with van der Waals surface area (Å²) in [6.07, 6.45) is 1.83. The summed E-state index contributed by atoms with van der Waals surface area (Å²) >= 11 is 0. The third-order valence-electron chi connectivity index (χ3n) is 2.74. The molecule has 0 aliphatic carbocycles. The summed E-state index contributed by atoms with van der Waals surface area (Å²) in [5, 5.41) is 8.87. The Kier molecular flexibility index (Phi) is 5.07. The van der Waals surface area contributed by atoms with Gasteiger partial charge in [0.2, 0.25) is 0 Å². The van der Waals surface area contributed by atoms with Gasteiger partial charge in [-0.1, -0.05) is 6.92 Å². The molecular weight excluding hydrogens is 200 g/mol. The van der Waals surface area contributed by atoms with E-state index in [1.54, 1.807) is 0 Å². The zero-order chi connectivity index (χ0) is 12.0. The third-order valence-corrected chi connectivity index (χ3v) is 2.74. The highest BCUT2D eigenvalue weighted by atomic mass is 16.3. The highest BCUT2D eigenvalue weighted by molar-refractivity contribution is 5.05. The quantitative estimate of drug-likeness (QED) is 0.740. The summed E-state index contributed by atoms with van der Waals surface area (Å²) < 4.78 is 5.50. The second-order valence-electron chi connectivity index (χ2n) is 4.26. The van der Waals surface area contributed by atoms with E-state index in [0.29, 0.717) is 0 Å². The van der Waals surface area contributed by atoms with Crippen molar-refractivity contribution in [1.82, 2.24) is 4.90 Å². The van der Waals surface area contributed by atoms with Crippen LogP contribution >= 0.6 is 0 Å².